The molecule has 1 aromatic carbocycles. The van der Waals surface area contributed by atoms with Crippen LogP contribution in [0.4, 0.5) is 0 Å². The lowest BCUT2D eigenvalue weighted by Gasteiger charge is -2.22. The lowest BCUT2D eigenvalue weighted by Crippen LogP contribution is -2.36. The number of halogens is 1. The van der Waals surface area contributed by atoms with Crippen molar-refractivity contribution in [2.24, 2.45) is 0 Å². The summed E-state index contributed by atoms with van der Waals surface area (Å²) < 4.78 is 10.3. The Morgan fingerprint density at radius 2 is 1.92 bits per heavy atom. The Labute approximate surface area is 156 Å². The summed E-state index contributed by atoms with van der Waals surface area (Å²) in [7, 11) is 1.61. The number of benzene rings is 1. The standard InChI is InChI=1S/C19H19ClN2O4/c1-25-16-7-2-13(3-8-16)11-22(15-5-6-15)18(23)12-26-19(24)14-4-9-17(20)21-10-14/h2-4,7-10,15H,5-6,11-12H2,1H3. The Balaban J connectivity index is 1.58. The Bertz CT molecular complexity index is 773. The number of carbonyl (C=O) groups is 2. The normalized spacial score (nSPS) is 13.2. The number of ether oxygens (including phenoxy) is 2. The molecule has 26 heavy (non-hydrogen) atoms. The lowest BCUT2D eigenvalue weighted by molar-refractivity contribution is -0.135. The molecule has 136 valence electrons. The summed E-state index contributed by atoms with van der Waals surface area (Å²) in [5, 5.41) is 0.289. The largest absolute Gasteiger partial charge is 0.497 e. The van der Waals surface area contributed by atoms with E-state index in [-0.39, 0.29) is 29.3 Å². The minimum atomic E-state index is -0.595. The average molecular weight is 375 g/mol. The summed E-state index contributed by atoms with van der Waals surface area (Å²) in [4.78, 5) is 30.1. The molecule has 0 unspecified atom stereocenters. The van der Waals surface area contributed by atoms with Gasteiger partial charge < -0.3 is 14.4 Å². The van der Waals surface area contributed by atoms with E-state index in [1.807, 2.05) is 24.3 Å². The minimum absolute atomic E-state index is 0.209. The molecule has 6 nitrogen and oxygen atoms in total. The molecule has 3 rings (SSSR count). The molecule has 0 radical (unpaired) electrons. The number of rotatable bonds is 7. The van der Waals surface area contributed by atoms with Crippen LogP contribution in [-0.4, -0.2) is 41.5 Å². The molecule has 1 saturated carbocycles. The number of hydrogen-bond donors (Lipinski definition) is 0. The number of nitrogens with zero attached hydrogens (tertiary/aromatic N) is 2. The van der Waals surface area contributed by atoms with Crippen LogP contribution in [0.15, 0.2) is 42.6 Å². The van der Waals surface area contributed by atoms with Crippen LogP contribution >= 0.6 is 11.6 Å². The second-order valence-corrected chi connectivity index (χ2v) is 6.43. The van der Waals surface area contributed by atoms with Crippen molar-refractivity contribution in [1.29, 1.82) is 0 Å². The molecule has 1 aliphatic carbocycles. The molecule has 1 fully saturated rings. The van der Waals surface area contributed by atoms with Crippen molar-refractivity contribution in [3.05, 3.63) is 58.9 Å². The predicted molar refractivity (Wildman–Crippen MR) is 96.1 cm³/mol. The van der Waals surface area contributed by atoms with E-state index in [2.05, 4.69) is 4.98 Å². The molecule has 0 spiro atoms. The summed E-state index contributed by atoms with van der Waals surface area (Å²) in [5.74, 6) is -0.0372. The van der Waals surface area contributed by atoms with Gasteiger partial charge in [-0.1, -0.05) is 23.7 Å². The van der Waals surface area contributed by atoms with Crippen LogP contribution in [0.25, 0.3) is 0 Å². The van der Waals surface area contributed by atoms with E-state index in [1.165, 1.54) is 18.3 Å². The molecule has 1 heterocycles. The van der Waals surface area contributed by atoms with Crippen LogP contribution in [0.1, 0.15) is 28.8 Å². The molecule has 0 aliphatic heterocycles. The molecule has 1 aromatic heterocycles. The molecule has 0 saturated heterocycles. The molecular weight excluding hydrogens is 356 g/mol. The molecule has 7 heteroatoms. The molecular formula is C19H19ClN2O4. The first-order valence-corrected chi connectivity index (χ1v) is 8.65. The third-order valence-corrected chi connectivity index (χ3v) is 4.33. The Kier molecular flexibility index (Phi) is 5.73. The Morgan fingerprint density at radius 3 is 2.50 bits per heavy atom. The quantitative estimate of drug-likeness (QED) is 0.550. The SMILES string of the molecule is COc1ccc(CN(C(=O)COC(=O)c2ccc(Cl)nc2)C2CC2)cc1. The van der Waals surface area contributed by atoms with Crippen molar-refractivity contribution in [1.82, 2.24) is 9.88 Å². The molecule has 2 aromatic rings. The van der Waals surface area contributed by atoms with Crippen molar-refractivity contribution in [2.45, 2.75) is 25.4 Å². The fourth-order valence-electron chi connectivity index (χ4n) is 2.52. The van der Waals surface area contributed by atoms with Crippen LogP contribution in [0, 0.1) is 0 Å². The van der Waals surface area contributed by atoms with Gasteiger partial charge in [0.15, 0.2) is 6.61 Å². The molecule has 0 bridgehead atoms. The first-order chi connectivity index (χ1) is 12.6. The van der Waals surface area contributed by atoms with Gasteiger partial charge >= 0.3 is 5.97 Å². The second kappa shape index (κ2) is 8.19. The highest BCUT2D eigenvalue weighted by atomic mass is 35.5. The number of esters is 1. The van der Waals surface area contributed by atoms with Gasteiger partial charge in [0.25, 0.3) is 5.91 Å². The maximum Gasteiger partial charge on any atom is 0.340 e. The number of hydrogen-bond acceptors (Lipinski definition) is 5. The molecule has 0 N–H and O–H groups in total. The fourth-order valence-corrected chi connectivity index (χ4v) is 2.64. The molecule has 1 aliphatic rings. The zero-order valence-corrected chi connectivity index (χ0v) is 15.1. The van der Waals surface area contributed by atoms with Crippen LogP contribution in [0.2, 0.25) is 5.15 Å². The number of methoxy groups -OCH3 is 1. The van der Waals surface area contributed by atoms with Gasteiger partial charge in [-0.05, 0) is 42.7 Å². The van der Waals surface area contributed by atoms with Gasteiger partial charge in [-0.15, -0.1) is 0 Å². The van der Waals surface area contributed by atoms with Crippen molar-refractivity contribution in [2.75, 3.05) is 13.7 Å². The number of pyridine rings is 1. The van der Waals surface area contributed by atoms with E-state index in [0.717, 1.165) is 24.2 Å². The van der Waals surface area contributed by atoms with Gasteiger partial charge in [-0.2, -0.15) is 0 Å². The van der Waals surface area contributed by atoms with Gasteiger partial charge in [0, 0.05) is 18.8 Å². The summed E-state index contributed by atoms with van der Waals surface area (Å²) in [6.07, 6.45) is 3.26. The van der Waals surface area contributed by atoms with Gasteiger partial charge in [-0.3, -0.25) is 4.79 Å². The van der Waals surface area contributed by atoms with Crippen LogP contribution in [-0.2, 0) is 16.1 Å². The van der Waals surface area contributed by atoms with E-state index in [9.17, 15) is 9.59 Å². The number of aromatic nitrogens is 1. The third kappa shape index (κ3) is 4.73. The highest BCUT2D eigenvalue weighted by Gasteiger charge is 2.33. The lowest BCUT2D eigenvalue weighted by atomic mass is 10.2. The summed E-state index contributed by atoms with van der Waals surface area (Å²) in [6.45, 7) is 0.182. The summed E-state index contributed by atoms with van der Waals surface area (Å²) in [6, 6.07) is 10.8. The first-order valence-electron chi connectivity index (χ1n) is 8.28. The van der Waals surface area contributed by atoms with Crippen LogP contribution in [0.5, 0.6) is 5.75 Å². The topological polar surface area (TPSA) is 68.7 Å². The van der Waals surface area contributed by atoms with Crippen LogP contribution in [0.3, 0.4) is 0 Å². The van der Waals surface area contributed by atoms with Crippen molar-refractivity contribution < 1.29 is 19.1 Å². The van der Waals surface area contributed by atoms with Gasteiger partial charge in [0.2, 0.25) is 0 Å². The van der Waals surface area contributed by atoms with Gasteiger partial charge in [0.05, 0.1) is 12.7 Å². The predicted octanol–water partition coefficient (Wildman–Crippen LogP) is 3.09. The average Bonchev–Trinajstić information content (AvgIpc) is 3.50. The summed E-state index contributed by atoms with van der Waals surface area (Å²) >= 11 is 5.69. The summed E-state index contributed by atoms with van der Waals surface area (Å²) in [5.41, 5.74) is 1.26. The maximum atomic E-state index is 12.5. The highest BCUT2D eigenvalue weighted by molar-refractivity contribution is 6.29. The number of amides is 1. The fraction of sp³-hybridized carbons (Fsp3) is 0.316. The Hall–Kier alpha value is -2.60. The van der Waals surface area contributed by atoms with Gasteiger partial charge in [-0.25, -0.2) is 9.78 Å². The highest BCUT2D eigenvalue weighted by Crippen LogP contribution is 2.29. The Morgan fingerprint density at radius 1 is 1.19 bits per heavy atom. The first kappa shape index (κ1) is 18.2. The monoisotopic (exact) mass is 374 g/mol. The number of carbonyl (C=O) groups excluding carboxylic acids is 2. The minimum Gasteiger partial charge on any atom is -0.497 e. The van der Waals surface area contributed by atoms with E-state index in [4.69, 9.17) is 21.1 Å². The molecule has 1 amide bonds. The van der Waals surface area contributed by atoms with Crippen molar-refractivity contribution in [3.63, 3.8) is 0 Å². The van der Waals surface area contributed by atoms with Crippen molar-refractivity contribution in [3.8, 4) is 5.75 Å². The van der Waals surface area contributed by atoms with Crippen molar-refractivity contribution >= 4 is 23.5 Å². The zero-order valence-electron chi connectivity index (χ0n) is 14.4. The van der Waals surface area contributed by atoms with Crippen LogP contribution < -0.4 is 4.74 Å². The zero-order chi connectivity index (χ0) is 18.5. The van der Waals surface area contributed by atoms with E-state index in [0.29, 0.717) is 6.54 Å². The van der Waals surface area contributed by atoms with E-state index < -0.39 is 5.97 Å². The van der Waals surface area contributed by atoms with E-state index in [1.54, 1.807) is 12.0 Å². The smallest absolute Gasteiger partial charge is 0.340 e. The molecule has 0 atom stereocenters. The maximum absolute atomic E-state index is 12.5. The van der Waals surface area contributed by atoms with Gasteiger partial charge in [0.1, 0.15) is 10.9 Å². The van der Waals surface area contributed by atoms with E-state index >= 15 is 0 Å². The third-order valence-electron chi connectivity index (χ3n) is 4.11. The second-order valence-electron chi connectivity index (χ2n) is 6.05.